The smallest absolute Gasteiger partial charge is 0.254 e. The number of fused-ring (bicyclic) bond motifs is 1. The topological polar surface area (TPSA) is 46.6 Å². The lowest BCUT2D eigenvalue weighted by Gasteiger charge is -2.32. The number of likely N-dealkylation sites (tertiary alicyclic amines) is 1. The second-order valence-corrected chi connectivity index (χ2v) is 8.03. The highest BCUT2D eigenvalue weighted by Gasteiger charge is 2.24. The molecule has 1 saturated heterocycles. The molecule has 0 aliphatic carbocycles. The van der Waals surface area contributed by atoms with Gasteiger partial charge in [-0.3, -0.25) is 9.59 Å². The van der Waals surface area contributed by atoms with E-state index in [2.05, 4.69) is 30.3 Å². The minimum Gasteiger partial charge on any atom is -0.488 e. The van der Waals surface area contributed by atoms with Crippen LogP contribution in [0, 0.1) is 5.92 Å². The van der Waals surface area contributed by atoms with Gasteiger partial charge in [0.1, 0.15) is 12.4 Å². The van der Waals surface area contributed by atoms with Gasteiger partial charge >= 0.3 is 0 Å². The highest BCUT2D eigenvalue weighted by molar-refractivity contribution is 6.01. The normalized spacial score (nSPS) is 14.9. The third kappa shape index (κ3) is 5.21. The highest BCUT2D eigenvalue weighted by Crippen LogP contribution is 2.27. The summed E-state index contributed by atoms with van der Waals surface area (Å²) in [6, 6.07) is 25.6. The number of amides is 1. The summed E-state index contributed by atoms with van der Waals surface area (Å²) in [7, 11) is 0. The number of para-hydroxylation sites is 1. The first-order chi connectivity index (χ1) is 15.2. The Kier molecular flexibility index (Phi) is 6.78. The second kappa shape index (κ2) is 10.1. The maximum Gasteiger partial charge on any atom is 0.254 e. The van der Waals surface area contributed by atoms with Gasteiger partial charge < -0.3 is 9.64 Å². The molecular formula is C27H27NO3. The lowest BCUT2D eigenvalue weighted by Crippen LogP contribution is -2.39. The van der Waals surface area contributed by atoms with Crippen molar-refractivity contribution in [1.82, 2.24) is 4.90 Å². The fourth-order valence-electron chi connectivity index (χ4n) is 4.09. The summed E-state index contributed by atoms with van der Waals surface area (Å²) in [6.45, 7) is 2.34. The van der Waals surface area contributed by atoms with Crippen molar-refractivity contribution in [2.45, 2.75) is 25.9 Å². The Morgan fingerprint density at radius 1 is 0.903 bits per heavy atom. The predicted octanol–water partition coefficient (Wildman–Crippen LogP) is 5.17. The Balaban J connectivity index is 0.000000239. The molecule has 4 nitrogen and oxygen atoms in total. The number of hydrogen-bond acceptors (Lipinski definition) is 3. The first-order valence-electron chi connectivity index (χ1n) is 10.8. The molecule has 1 fully saturated rings. The van der Waals surface area contributed by atoms with Gasteiger partial charge in [-0.2, -0.15) is 0 Å². The van der Waals surface area contributed by atoms with E-state index < -0.39 is 0 Å². The van der Waals surface area contributed by atoms with Crippen LogP contribution in [0.2, 0.25) is 0 Å². The van der Waals surface area contributed by atoms with Crippen molar-refractivity contribution in [1.29, 1.82) is 0 Å². The molecule has 0 spiro atoms. The lowest BCUT2D eigenvalue weighted by atomic mass is 9.90. The van der Waals surface area contributed by atoms with Crippen LogP contribution in [-0.2, 0) is 13.0 Å². The summed E-state index contributed by atoms with van der Waals surface area (Å²) in [5.74, 6) is 1.65. The van der Waals surface area contributed by atoms with E-state index in [-0.39, 0.29) is 5.91 Å². The molecule has 31 heavy (non-hydrogen) atoms. The first-order valence-corrected chi connectivity index (χ1v) is 10.8. The molecule has 2 heterocycles. The van der Waals surface area contributed by atoms with E-state index in [9.17, 15) is 9.59 Å². The Hall–Kier alpha value is -3.40. The molecule has 0 aromatic heterocycles. The SMILES string of the molecule is O=Cc1ccccc1C(=O)N1CCC(Cc2ccccc2)CC1.c1ccc2c(c1)CO2. The van der Waals surface area contributed by atoms with Gasteiger partial charge in [0.15, 0.2) is 6.29 Å². The van der Waals surface area contributed by atoms with Crippen molar-refractivity contribution < 1.29 is 14.3 Å². The van der Waals surface area contributed by atoms with Crippen LogP contribution in [0.15, 0.2) is 78.9 Å². The third-order valence-corrected chi connectivity index (χ3v) is 5.94. The molecule has 3 aromatic carbocycles. The number of carbonyl (C=O) groups excluding carboxylic acids is 2. The molecule has 0 saturated carbocycles. The van der Waals surface area contributed by atoms with Crippen LogP contribution >= 0.6 is 0 Å². The average Bonchev–Trinajstić information content (AvgIpc) is 2.81. The summed E-state index contributed by atoms with van der Waals surface area (Å²) in [5.41, 5.74) is 3.68. The number of hydrogen-bond donors (Lipinski definition) is 0. The van der Waals surface area contributed by atoms with E-state index in [1.54, 1.807) is 18.2 Å². The molecule has 0 unspecified atom stereocenters. The predicted molar refractivity (Wildman–Crippen MR) is 121 cm³/mol. The summed E-state index contributed by atoms with van der Waals surface area (Å²) >= 11 is 0. The number of carbonyl (C=O) groups is 2. The summed E-state index contributed by atoms with van der Waals surface area (Å²) < 4.78 is 5.08. The van der Waals surface area contributed by atoms with E-state index in [1.807, 2.05) is 35.2 Å². The van der Waals surface area contributed by atoms with Crippen LogP contribution in [0.5, 0.6) is 5.75 Å². The zero-order valence-corrected chi connectivity index (χ0v) is 17.6. The summed E-state index contributed by atoms with van der Waals surface area (Å²) in [4.78, 5) is 25.6. The number of ether oxygens (including phenoxy) is 1. The van der Waals surface area contributed by atoms with Gasteiger partial charge in [0.2, 0.25) is 0 Å². The quantitative estimate of drug-likeness (QED) is 0.554. The Morgan fingerprint density at radius 2 is 1.58 bits per heavy atom. The molecule has 0 N–H and O–H groups in total. The molecule has 0 bridgehead atoms. The molecular weight excluding hydrogens is 386 g/mol. The third-order valence-electron chi connectivity index (χ3n) is 5.94. The van der Waals surface area contributed by atoms with Crippen molar-refractivity contribution in [2.24, 2.45) is 5.92 Å². The molecule has 2 aliphatic heterocycles. The van der Waals surface area contributed by atoms with Crippen LogP contribution in [0.4, 0.5) is 0 Å². The first kappa shape index (κ1) is 20.9. The van der Waals surface area contributed by atoms with Crippen LogP contribution in [-0.4, -0.2) is 30.2 Å². The minimum atomic E-state index is -0.0224. The molecule has 5 rings (SSSR count). The van der Waals surface area contributed by atoms with E-state index in [4.69, 9.17) is 4.74 Å². The zero-order chi connectivity index (χ0) is 21.5. The molecule has 158 valence electrons. The van der Waals surface area contributed by atoms with Crippen LogP contribution in [0.25, 0.3) is 0 Å². The van der Waals surface area contributed by atoms with E-state index in [0.717, 1.165) is 51.0 Å². The van der Waals surface area contributed by atoms with Crippen LogP contribution in [0.3, 0.4) is 0 Å². The number of piperidine rings is 1. The van der Waals surface area contributed by atoms with Gasteiger partial charge in [0.25, 0.3) is 5.91 Å². The maximum absolute atomic E-state index is 12.6. The van der Waals surface area contributed by atoms with E-state index >= 15 is 0 Å². The Bertz CT molecular complexity index is 1000. The average molecular weight is 414 g/mol. The van der Waals surface area contributed by atoms with Gasteiger partial charge in [0.05, 0.1) is 5.56 Å². The maximum atomic E-state index is 12.6. The standard InChI is InChI=1S/C20H21NO2.C7H6O/c22-15-18-8-4-5-9-19(18)20(23)21-12-10-17(11-13-21)14-16-6-2-1-3-7-16;1-2-4-7-6(3-1)5-8-7/h1-9,15,17H,10-14H2;1-4H,5H2. The summed E-state index contributed by atoms with van der Waals surface area (Å²) in [6.07, 6.45) is 3.87. The second-order valence-electron chi connectivity index (χ2n) is 8.03. The van der Waals surface area contributed by atoms with Gasteiger partial charge in [-0.25, -0.2) is 0 Å². The monoisotopic (exact) mass is 413 g/mol. The Labute approximate surface area is 183 Å². The molecule has 1 amide bonds. The largest absolute Gasteiger partial charge is 0.488 e. The molecule has 3 aromatic rings. The highest BCUT2D eigenvalue weighted by atomic mass is 16.5. The van der Waals surface area contributed by atoms with Crippen molar-refractivity contribution in [3.05, 3.63) is 101 Å². The molecule has 0 radical (unpaired) electrons. The molecule has 0 atom stereocenters. The van der Waals surface area contributed by atoms with Gasteiger partial charge in [-0.05, 0) is 42.9 Å². The number of rotatable bonds is 4. The number of nitrogens with zero attached hydrogens (tertiary/aromatic N) is 1. The minimum absolute atomic E-state index is 0.0224. The Morgan fingerprint density at radius 3 is 2.19 bits per heavy atom. The van der Waals surface area contributed by atoms with Crippen molar-refractivity contribution >= 4 is 12.2 Å². The van der Waals surface area contributed by atoms with E-state index in [1.165, 1.54) is 11.1 Å². The molecule has 4 heteroatoms. The van der Waals surface area contributed by atoms with E-state index in [0.29, 0.717) is 17.0 Å². The van der Waals surface area contributed by atoms with Crippen molar-refractivity contribution in [3.8, 4) is 5.75 Å². The zero-order valence-electron chi connectivity index (χ0n) is 17.6. The van der Waals surface area contributed by atoms with Crippen molar-refractivity contribution in [2.75, 3.05) is 13.1 Å². The van der Waals surface area contributed by atoms with Gasteiger partial charge in [-0.1, -0.05) is 66.7 Å². The van der Waals surface area contributed by atoms with Gasteiger partial charge in [0, 0.05) is 24.2 Å². The molecule has 2 aliphatic rings. The lowest BCUT2D eigenvalue weighted by molar-refractivity contribution is 0.0688. The fourth-order valence-corrected chi connectivity index (χ4v) is 4.09. The summed E-state index contributed by atoms with van der Waals surface area (Å²) in [5, 5.41) is 0. The fraction of sp³-hybridized carbons (Fsp3) is 0.259. The van der Waals surface area contributed by atoms with Crippen LogP contribution < -0.4 is 4.74 Å². The number of aldehydes is 1. The van der Waals surface area contributed by atoms with Crippen LogP contribution in [0.1, 0.15) is 44.7 Å². The van der Waals surface area contributed by atoms with Crippen molar-refractivity contribution in [3.63, 3.8) is 0 Å². The number of benzene rings is 3. The van der Waals surface area contributed by atoms with Gasteiger partial charge in [-0.15, -0.1) is 0 Å².